The molecule has 1 aliphatic carbocycles. The van der Waals surface area contributed by atoms with Gasteiger partial charge in [0.2, 0.25) is 23.1 Å². The van der Waals surface area contributed by atoms with Gasteiger partial charge in [0.25, 0.3) is 0 Å². The van der Waals surface area contributed by atoms with Crippen molar-refractivity contribution in [3.8, 4) is 0 Å². The third-order valence-corrected chi connectivity index (χ3v) is 3.54. The number of alkyl halides is 1. The molecule has 0 bridgehead atoms. The lowest BCUT2D eigenvalue weighted by Crippen LogP contribution is -2.58. The standard InChI is InChI=1S/C11H13BrO4/c1-10(2)6(13)8(15)11(3,4-5-12)9(16)7(10)14/h4-5H2,1-3H3. The molecule has 0 N–H and O–H groups in total. The zero-order chi connectivity index (χ0) is 12.7. The fourth-order valence-electron chi connectivity index (χ4n) is 1.69. The molecule has 0 unspecified atom stereocenters. The molecule has 1 rings (SSSR count). The van der Waals surface area contributed by atoms with Crippen LogP contribution in [0.3, 0.4) is 0 Å². The van der Waals surface area contributed by atoms with Gasteiger partial charge >= 0.3 is 0 Å². The van der Waals surface area contributed by atoms with Gasteiger partial charge in [-0.25, -0.2) is 0 Å². The second kappa shape index (κ2) is 3.87. The number of carbonyl (C=O) groups is 4. The van der Waals surface area contributed by atoms with E-state index in [1.807, 2.05) is 0 Å². The summed E-state index contributed by atoms with van der Waals surface area (Å²) < 4.78 is 0. The van der Waals surface area contributed by atoms with E-state index in [4.69, 9.17) is 0 Å². The van der Waals surface area contributed by atoms with E-state index in [0.29, 0.717) is 5.33 Å². The Hall–Kier alpha value is -0.840. The van der Waals surface area contributed by atoms with Crippen LogP contribution in [0.25, 0.3) is 0 Å². The van der Waals surface area contributed by atoms with Crippen molar-refractivity contribution in [1.82, 2.24) is 0 Å². The Labute approximate surface area is 102 Å². The van der Waals surface area contributed by atoms with Crippen LogP contribution in [-0.2, 0) is 19.2 Å². The summed E-state index contributed by atoms with van der Waals surface area (Å²) in [5, 5.41) is 0.391. The quantitative estimate of drug-likeness (QED) is 0.433. The highest BCUT2D eigenvalue weighted by atomic mass is 79.9. The molecular formula is C11H13BrO4. The normalized spacial score (nSPS) is 23.8. The van der Waals surface area contributed by atoms with Gasteiger partial charge in [-0.05, 0) is 27.2 Å². The molecule has 88 valence electrons. The lowest BCUT2D eigenvalue weighted by molar-refractivity contribution is -0.163. The van der Waals surface area contributed by atoms with E-state index in [9.17, 15) is 19.2 Å². The highest BCUT2D eigenvalue weighted by molar-refractivity contribution is 9.09. The number of ketones is 4. The van der Waals surface area contributed by atoms with Gasteiger partial charge in [0.1, 0.15) is 5.41 Å². The highest BCUT2D eigenvalue weighted by Gasteiger charge is 2.59. The average molecular weight is 289 g/mol. The molecule has 16 heavy (non-hydrogen) atoms. The number of rotatable bonds is 2. The van der Waals surface area contributed by atoms with Crippen molar-refractivity contribution >= 4 is 39.1 Å². The van der Waals surface area contributed by atoms with Gasteiger partial charge in [0, 0.05) is 5.33 Å². The van der Waals surface area contributed by atoms with E-state index in [0.717, 1.165) is 0 Å². The van der Waals surface area contributed by atoms with Crippen LogP contribution in [0.4, 0.5) is 0 Å². The molecule has 1 saturated carbocycles. The largest absolute Gasteiger partial charge is 0.290 e. The van der Waals surface area contributed by atoms with Crippen LogP contribution < -0.4 is 0 Å². The van der Waals surface area contributed by atoms with Gasteiger partial charge in [-0.1, -0.05) is 15.9 Å². The van der Waals surface area contributed by atoms with Crippen molar-refractivity contribution in [1.29, 1.82) is 0 Å². The molecule has 5 heteroatoms. The van der Waals surface area contributed by atoms with E-state index in [1.54, 1.807) is 0 Å². The fraction of sp³-hybridized carbons (Fsp3) is 0.636. The van der Waals surface area contributed by atoms with Crippen molar-refractivity contribution in [2.75, 3.05) is 5.33 Å². The van der Waals surface area contributed by atoms with E-state index in [-0.39, 0.29) is 6.42 Å². The predicted octanol–water partition coefficient (Wildman–Crippen LogP) is 1.09. The van der Waals surface area contributed by atoms with Gasteiger partial charge < -0.3 is 0 Å². The monoisotopic (exact) mass is 288 g/mol. The van der Waals surface area contributed by atoms with Crippen LogP contribution in [0, 0.1) is 10.8 Å². The van der Waals surface area contributed by atoms with E-state index in [2.05, 4.69) is 15.9 Å². The first-order valence-corrected chi connectivity index (χ1v) is 6.06. The summed E-state index contributed by atoms with van der Waals surface area (Å²) in [5.74, 6) is -3.02. The van der Waals surface area contributed by atoms with Crippen molar-refractivity contribution in [2.45, 2.75) is 27.2 Å². The van der Waals surface area contributed by atoms with Crippen LogP contribution in [-0.4, -0.2) is 28.5 Å². The van der Waals surface area contributed by atoms with Crippen molar-refractivity contribution in [3.63, 3.8) is 0 Å². The zero-order valence-corrected chi connectivity index (χ0v) is 11.0. The van der Waals surface area contributed by atoms with Gasteiger partial charge in [0.05, 0.1) is 5.41 Å². The van der Waals surface area contributed by atoms with E-state index >= 15 is 0 Å². The summed E-state index contributed by atoms with van der Waals surface area (Å²) in [4.78, 5) is 47.2. The number of halogens is 1. The lowest BCUT2D eigenvalue weighted by Gasteiger charge is -2.35. The summed E-state index contributed by atoms with van der Waals surface area (Å²) in [6.45, 7) is 4.01. The van der Waals surface area contributed by atoms with Gasteiger partial charge in [-0.3, -0.25) is 19.2 Å². The Morgan fingerprint density at radius 3 is 1.56 bits per heavy atom. The molecule has 0 aromatic carbocycles. The van der Waals surface area contributed by atoms with Gasteiger partial charge in [0.15, 0.2) is 0 Å². The van der Waals surface area contributed by atoms with E-state index < -0.39 is 34.0 Å². The van der Waals surface area contributed by atoms with Crippen LogP contribution in [0.15, 0.2) is 0 Å². The van der Waals surface area contributed by atoms with Crippen molar-refractivity contribution < 1.29 is 19.2 Å². The molecule has 1 aliphatic rings. The smallest absolute Gasteiger partial charge is 0.213 e. The number of carbonyl (C=O) groups excluding carboxylic acids is 4. The molecular weight excluding hydrogens is 276 g/mol. The molecule has 0 aromatic rings. The van der Waals surface area contributed by atoms with Crippen LogP contribution in [0.5, 0.6) is 0 Å². The maximum atomic E-state index is 11.9. The minimum absolute atomic E-state index is 0.165. The molecule has 4 nitrogen and oxygen atoms in total. The molecule has 0 aliphatic heterocycles. The molecule has 0 atom stereocenters. The molecule has 0 amide bonds. The SMILES string of the molecule is CC1(C)C(=O)C(=O)C(C)(CCBr)C(=O)C1=O. The fourth-order valence-corrected chi connectivity index (χ4v) is 2.48. The highest BCUT2D eigenvalue weighted by Crippen LogP contribution is 2.37. The maximum Gasteiger partial charge on any atom is 0.213 e. The molecule has 0 aromatic heterocycles. The molecule has 0 saturated heterocycles. The molecule has 0 heterocycles. The Balaban J connectivity index is 3.30. The molecule has 0 spiro atoms. The summed E-state index contributed by atoms with van der Waals surface area (Å²) in [7, 11) is 0. The van der Waals surface area contributed by atoms with Crippen LogP contribution in [0.2, 0.25) is 0 Å². The first-order valence-electron chi connectivity index (χ1n) is 4.94. The third kappa shape index (κ3) is 1.57. The Bertz CT molecular complexity index is 365. The summed E-state index contributed by atoms with van der Waals surface area (Å²) in [5.41, 5.74) is -2.98. The Kier molecular flexibility index (Phi) is 3.20. The second-order valence-electron chi connectivity index (χ2n) is 4.71. The van der Waals surface area contributed by atoms with Crippen molar-refractivity contribution in [3.05, 3.63) is 0 Å². The molecule has 0 radical (unpaired) electrons. The Morgan fingerprint density at radius 2 is 1.25 bits per heavy atom. The Morgan fingerprint density at radius 1 is 0.875 bits per heavy atom. The van der Waals surface area contributed by atoms with Crippen LogP contribution >= 0.6 is 15.9 Å². The molecule has 1 fully saturated rings. The van der Waals surface area contributed by atoms with Gasteiger partial charge in [-0.15, -0.1) is 0 Å². The topological polar surface area (TPSA) is 68.3 Å². The van der Waals surface area contributed by atoms with E-state index in [1.165, 1.54) is 20.8 Å². The summed E-state index contributed by atoms with van der Waals surface area (Å²) in [6, 6.07) is 0. The lowest BCUT2D eigenvalue weighted by atomic mass is 9.62. The minimum atomic E-state index is -1.50. The van der Waals surface area contributed by atoms with Crippen LogP contribution in [0.1, 0.15) is 27.2 Å². The summed E-state index contributed by atoms with van der Waals surface area (Å²) >= 11 is 3.12. The second-order valence-corrected chi connectivity index (χ2v) is 5.51. The first-order chi connectivity index (χ1) is 7.19. The maximum absolute atomic E-state index is 11.9. The first kappa shape index (κ1) is 13.2. The average Bonchev–Trinajstić information content (AvgIpc) is 2.23. The number of Topliss-reactive ketones (excluding diaryl/α,β-unsaturated/α-hetero) is 4. The predicted molar refractivity (Wildman–Crippen MR) is 60.3 cm³/mol. The third-order valence-electron chi connectivity index (χ3n) is 3.14. The minimum Gasteiger partial charge on any atom is -0.290 e. The van der Waals surface area contributed by atoms with Gasteiger partial charge in [-0.2, -0.15) is 0 Å². The number of hydrogen-bond donors (Lipinski definition) is 0. The zero-order valence-electron chi connectivity index (χ0n) is 9.43. The van der Waals surface area contributed by atoms with Crippen molar-refractivity contribution in [2.24, 2.45) is 10.8 Å². The number of hydrogen-bond acceptors (Lipinski definition) is 4. The summed E-state index contributed by atoms with van der Waals surface area (Å²) in [6.07, 6.45) is 0.165.